The summed E-state index contributed by atoms with van der Waals surface area (Å²) in [6.07, 6.45) is 0.716. The number of aliphatic hydroxyl groups excluding tert-OH is 1. The average molecular weight is 348 g/mol. The molecule has 2 N–H and O–H groups in total. The molecule has 0 bridgehead atoms. The smallest absolute Gasteiger partial charge is 0.263 e. The number of carbonyl (C=O) groups is 1. The van der Waals surface area contributed by atoms with Crippen molar-refractivity contribution >= 4 is 17.2 Å². The fourth-order valence-corrected chi connectivity index (χ4v) is 3.47. The summed E-state index contributed by atoms with van der Waals surface area (Å²) in [5.74, 6) is -0.0943. The van der Waals surface area contributed by atoms with Crippen molar-refractivity contribution in [2.75, 3.05) is 26.4 Å². The minimum Gasteiger partial charge on any atom is -0.394 e. The minimum atomic E-state index is -0.0943. The van der Waals surface area contributed by atoms with Crippen LogP contribution in [0.2, 0.25) is 0 Å². The highest BCUT2D eigenvalue weighted by molar-refractivity contribution is 7.17. The first kappa shape index (κ1) is 18.6. The van der Waals surface area contributed by atoms with Gasteiger partial charge in [-0.15, -0.1) is 11.3 Å². The lowest BCUT2D eigenvalue weighted by molar-refractivity contribution is 0.0869. The number of nitrogens with one attached hydrogen (secondary N) is 1. The van der Waals surface area contributed by atoms with Gasteiger partial charge in [0.05, 0.1) is 18.9 Å². The second-order valence-corrected chi connectivity index (χ2v) is 6.70. The molecule has 0 aliphatic carbocycles. The van der Waals surface area contributed by atoms with Crippen molar-refractivity contribution in [3.05, 3.63) is 39.9 Å². The van der Waals surface area contributed by atoms with Crippen molar-refractivity contribution in [1.29, 1.82) is 0 Å². The Labute approximate surface area is 146 Å². The Morgan fingerprint density at radius 1 is 1.29 bits per heavy atom. The lowest BCUT2D eigenvalue weighted by atomic mass is 10.1. The third-order valence-electron chi connectivity index (χ3n) is 3.60. The van der Waals surface area contributed by atoms with Gasteiger partial charge in [0, 0.05) is 18.7 Å². The molecule has 1 heterocycles. The molecule has 0 atom stereocenters. The summed E-state index contributed by atoms with van der Waals surface area (Å²) < 4.78 is 5.17. The van der Waals surface area contributed by atoms with E-state index in [1.807, 2.05) is 6.92 Å². The van der Waals surface area contributed by atoms with Gasteiger partial charge in [-0.05, 0) is 32.8 Å². The first-order valence-electron chi connectivity index (χ1n) is 8.04. The molecule has 0 unspecified atom stereocenters. The fourth-order valence-electron chi connectivity index (χ4n) is 2.40. The van der Waals surface area contributed by atoms with E-state index in [0.717, 1.165) is 21.8 Å². The molecule has 0 radical (unpaired) electrons. The number of thiazole rings is 1. The van der Waals surface area contributed by atoms with Crippen LogP contribution in [0, 0.1) is 20.8 Å². The van der Waals surface area contributed by atoms with E-state index < -0.39 is 0 Å². The summed E-state index contributed by atoms with van der Waals surface area (Å²) in [7, 11) is 0. The fraction of sp³-hybridized carbons (Fsp3) is 0.444. The number of hydrogen-bond acceptors (Lipinski definition) is 5. The topological polar surface area (TPSA) is 71.5 Å². The SMILES string of the molecule is Cc1ccc(-c2nc(C)c(C(=O)NCCCOCCO)s2)c(C)c1. The normalized spacial score (nSPS) is 10.8. The van der Waals surface area contributed by atoms with E-state index in [-0.39, 0.29) is 12.5 Å². The lowest BCUT2D eigenvalue weighted by Crippen LogP contribution is -2.25. The molecule has 0 saturated carbocycles. The van der Waals surface area contributed by atoms with Gasteiger partial charge in [0.15, 0.2) is 0 Å². The summed E-state index contributed by atoms with van der Waals surface area (Å²) in [6, 6.07) is 6.24. The van der Waals surface area contributed by atoms with Gasteiger partial charge in [-0.25, -0.2) is 4.98 Å². The Morgan fingerprint density at radius 2 is 2.08 bits per heavy atom. The third-order valence-corrected chi connectivity index (χ3v) is 4.79. The number of rotatable bonds is 8. The molecular formula is C18H24N2O3S. The second kappa shape index (κ2) is 8.92. The van der Waals surface area contributed by atoms with Gasteiger partial charge >= 0.3 is 0 Å². The van der Waals surface area contributed by atoms with Crippen LogP contribution in [0.25, 0.3) is 10.6 Å². The third kappa shape index (κ3) is 4.87. The van der Waals surface area contributed by atoms with Crippen molar-refractivity contribution < 1.29 is 14.6 Å². The molecule has 0 spiro atoms. The summed E-state index contributed by atoms with van der Waals surface area (Å²) in [6.45, 7) is 7.41. The molecule has 6 heteroatoms. The molecular weight excluding hydrogens is 324 g/mol. The Hall–Kier alpha value is -1.76. The molecule has 0 saturated heterocycles. The Bertz CT molecular complexity index is 698. The van der Waals surface area contributed by atoms with Crippen LogP contribution in [0.1, 0.15) is 32.9 Å². The minimum absolute atomic E-state index is 0.0215. The number of benzene rings is 1. The number of amides is 1. The number of aryl methyl sites for hydroxylation is 3. The van der Waals surface area contributed by atoms with E-state index in [1.54, 1.807) is 0 Å². The Balaban J connectivity index is 1.99. The van der Waals surface area contributed by atoms with Crippen LogP contribution in [0.15, 0.2) is 18.2 Å². The average Bonchev–Trinajstić information content (AvgIpc) is 2.92. The number of aromatic nitrogens is 1. The van der Waals surface area contributed by atoms with Crippen molar-refractivity contribution in [3.8, 4) is 10.6 Å². The van der Waals surface area contributed by atoms with Crippen LogP contribution in [0.5, 0.6) is 0 Å². The van der Waals surface area contributed by atoms with Crippen LogP contribution in [-0.4, -0.2) is 42.4 Å². The number of carbonyl (C=O) groups excluding carboxylic acids is 1. The summed E-state index contributed by atoms with van der Waals surface area (Å²) in [4.78, 5) is 17.5. The predicted molar refractivity (Wildman–Crippen MR) is 96.6 cm³/mol. The number of hydrogen-bond donors (Lipinski definition) is 2. The number of ether oxygens (including phenoxy) is 1. The van der Waals surface area contributed by atoms with E-state index in [2.05, 4.69) is 42.3 Å². The van der Waals surface area contributed by atoms with Gasteiger partial charge in [-0.2, -0.15) is 0 Å². The quantitative estimate of drug-likeness (QED) is 0.720. The zero-order valence-corrected chi connectivity index (χ0v) is 15.2. The van der Waals surface area contributed by atoms with E-state index in [0.29, 0.717) is 31.1 Å². The van der Waals surface area contributed by atoms with E-state index in [4.69, 9.17) is 9.84 Å². The Kier molecular flexibility index (Phi) is 6.90. The van der Waals surface area contributed by atoms with Crippen molar-refractivity contribution in [3.63, 3.8) is 0 Å². The highest BCUT2D eigenvalue weighted by atomic mass is 32.1. The van der Waals surface area contributed by atoms with E-state index >= 15 is 0 Å². The van der Waals surface area contributed by atoms with Gasteiger partial charge in [-0.1, -0.05) is 23.8 Å². The molecule has 0 fully saturated rings. The molecule has 130 valence electrons. The van der Waals surface area contributed by atoms with Crippen LogP contribution in [-0.2, 0) is 4.74 Å². The second-order valence-electron chi connectivity index (χ2n) is 5.70. The molecule has 0 aliphatic heterocycles. The molecule has 2 rings (SSSR count). The monoisotopic (exact) mass is 348 g/mol. The highest BCUT2D eigenvalue weighted by Gasteiger charge is 2.16. The van der Waals surface area contributed by atoms with Crippen molar-refractivity contribution in [2.24, 2.45) is 0 Å². The predicted octanol–water partition coefficient (Wildman–Crippen LogP) is 2.86. The van der Waals surface area contributed by atoms with Crippen molar-refractivity contribution in [1.82, 2.24) is 10.3 Å². The zero-order valence-electron chi connectivity index (χ0n) is 14.4. The highest BCUT2D eigenvalue weighted by Crippen LogP contribution is 2.30. The lowest BCUT2D eigenvalue weighted by Gasteiger charge is -2.04. The van der Waals surface area contributed by atoms with Gasteiger partial charge in [-0.3, -0.25) is 4.79 Å². The molecule has 2 aromatic rings. The summed E-state index contributed by atoms with van der Waals surface area (Å²) >= 11 is 1.43. The molecule has 1 amide bonds. The summed E-state index contributed by atoms with van der Waals surface area (Å²) in [5.41, 5.74) is 4.21. The Morgan fingerprint density at radius 3 is 2.79 bits per heavy atom. The molecule has 1 aromatic heterocycles. The standard InChI is InChI=1S/C18H24N2O3S/c1-12-5-6-15(13(2)11-12)18-20-14(3)16(24-18)17(22)19-7-4-9-23-10-8-21/h5-6,11,21H,4,7-10H2,1-3H3,(H,19,22). The van der Waals surface area contributed by atoms with Crippen molar-refractivity contribution in [2.45, 2.75) is 27.2 Å². The maximum absolute atomic E-state index is 12.3. The number of nitrogens with zero attached hydrogens (tertiary/aromatic N) is 1. The van der Waals surface area contributed by atoms with Gasteiger partial charge in [0.25, 0.3) is 5.91 Å². The van der Waals surface area contributed by atoms with E-state index in [9.17, 15) is 4.79 Å². The number of aliphatic hydroxyl groups is 1. The zero-order chi connectivity index (χ0) is 17.5. The molecule has 0 aliphatic rings. The summed E-state index contributed by atoms with van der Waals surface area (Å²) in [5, 5.41) is 12.4. The van der Waals surface area contributed by atoms with Crippen LogP contribution >= 0.6 is 11.3 Å². The molecule has 5 nitrogen and oxygen atoms in total. The van der Waals surface area contributed by atoms with E-state index in [1.165, 1.54) is 16.9 Å². The maximum Gasteiger partial charge on any atom is 0.263 e. The molecule has 1 aromatic carbocycles. The van der Waals surface area contributed by atoms with Gasteiger partial charge in [0.1, 0.15) is 9.88 Å². The maximum atomic E-state index is 12.3. The van der Waals surface area contributed by atoms with Gasteiger partial charge in [0.2, 0.25) is 0 Å². The largest absolute Gasteiger partial charge is 0.394 e. The first-order valence-corrected chi connectivity index (χ1v) is 8.86. The van der Waals surface area contributed by atoms with Gasteiger partial charge < -0.3 is 15.2 Å². The first-order chi connectivity index (χ1) is 11.5. The van der Waals surface area contributed by atoms with Crippen LogP contribution in [0.4, 0.5) is 0 Å². The van der Waals surface area contributed by atoms with Crippen LogP contribution in [0.3, 0.4) is 0 Å². The van der Waals surface area contributed by atoms with Crippen LogP contribution < -0.4 is 5.32 Å². The molecule has 24 heavy (non-hydrogen) atoms.